The van der Waals surface area contributed by atoms with E-state index in [2.05, 4.69) is 33.8 Å². The lowest BCUT2D eigenvalue weighted by atomic mass is 9.46. The Morgan fingerprint density at radius 3 is 2.50 bits per heavy atom. The summed E-state index contributed by atoms with van der Waals surface area (Å²) in [5.74, 6) is 3.54. The molecule has 4 aliphatic carbocycles. The summed E-state index contributed by atoms with van der Waals surface area (Å²) in [4.78, 5) is 0. The summed E-state index contributed by atoms with van der Waals surface area (Å²) >= 11 is 0. The fourth-order valence-electron chi connectivity index (χ4n) is 8.69. The monoisotopic (exact) mass is 418 g/mol. The summed E-state index contributed by atoms with van der Waals surface area (Å²) in [6.45, 7) is 9.92. The molecule has 0 amide bonds. The van der Waals surface area contributed by atoms with Crippen molar-refractivity contribution in [2.45, 2.75) is 104 Å². The minimum absolute atomic E-state index is 0.189. The molecule has 10 atom stereocenters. The molecule has 0 heterocycles. The van der Waals surface area contributed by atoms with Crippen molar-refractivity contribution in [3.8, 4) is 0 Å². The van der Waals surface area contributed by atoms with Gasteiger partial charge in [-0.3, -0.25) is 0 Å². The van der Waals surface area contributed by atoms with E-state index in [-0.39, 0.29) is 17.6 Å². The average Bonchev–Trinajstić information content (AvgIpc) is 3.06. The van der Waals surface area contributed by atoms with Gasteiger partial charge in [-0.05, 0) is 97.7 Å². The van der Waals surface area contributed by atoms with Crippen LogP contribution in [0.25, 0.3) is 0 Å². The highest BCUT2D eigenvalue weighted by molar-refractivity contribution is 5.27. The van der Waals surface area contributed by atoms with Gasteiger partial charge in [-0.15, -0.1) is 0 Å². The first-order valence-corrected chi connectivity index (χ1v) is 12.9. The van der Waals surface area contributed by atoms with Crippen molar-refractivity contribution in [1.29, 1.82) is 0 Å². The van der Waals surface area contributed by atoms with Gasteiger partial charge in [0.25, 0.3) is 0 Å². The van der Waals surface area contributed by atoms with Crippen molar-refractivity contribution in [1.82, 2.24) is 0 Å². The van der Waals surface area contributed by atoms with Crippen molar-refractivity contribution < 1.29 is 15.3 Å². The lowest BCUT2D eigenvalue weighted by molar-refractivity contribution is -0.0971. The number of rotatable bonds is 6. The Bertz CT molecular complexity index is 644. The number of hydrogen-bond donors (Lipinski definition) is 3. The second kappa shape index (κ2) is 8.52. The van der Waals surface area contributed by atoms with E-state index in [9.17, 15) is 15.3 Å². The van der Waals surface area contributed by atoms with Gasteiger partial charge in [0.2, 0.25) is 0 Å². The molecular weight excluding hydrogens is 372 g/mol. The Morgan fingerprint density at radius 1 is 1.00 bits per heavy atom. The highest BCUT2D eigenvalue weighted by Gasteiger charge is 2.61. The zero-order chi connectivity index (χ0) is 21.7. The van der Waals surface area contributed by atoms with Gasteiger partial charge in [0.05, 0.1) is 12.2 Å². The third kappa shape index (κ3) is 3.71. The number of aliphatic hydroxyl groups excluding tert-OH is 3. The van der Waals surface area contributed by atoms with Crippen LogP contribution in [-0.4, -0.2) is 34.1 Å². The fourth-order valence-corrected chi connectivity index (χ4v) is 8.69. The molecule has 0 aromatic rings. The smallest absolute Gasteiger partial charge is 0.0757 e. The quantitative estimate of drug-likeness (QED) is 0.511. The summed E-state index contributed by atoms with van der Waals surface area (Å²) in [5.41, 5.74) is 1.90. The van der Waals surface area contributed by atoms with E-state index >= 15 is 0 Å². The second-order valence-electron chi connectivity index (χ2n) is 12.2. The Morgan fingerprint density at radius 2 is 1.77 bits per heavy atom. The first-order valence-electron chi connectivity index (χ1n) is 12.9. The van der Waals surface area contributed by atoms with E-state index in [1.807, 2.05) is 0 Å². The highest BCUT2D eigenvalue weighted by Crippen LogP contribution is 2.67. The molecule has 30 heavy (non-hydrogen) atoms. The molecule has 3 heteroatoms. The predicted molar refractivity (Wildman–Crippen MR) is 122 cm³/mol. The van der Waals surface area contributed by atoms with E-state index < -0.39 is 0 Å². The van der Waals surface area contributed by atoms with Crippen LogP contribution in [0.15, 0.2) is 11.6 Å². The molecule has 3 fully saturated rings. The van der Waals surface area contributed by atoms with Gasteiger partial charge >= 0.3 is 0 Å². The normalized spacial score (nSPS) is 47.6. The third-order valence-electron chi connectivity index (χ3n) is 10.5. The molecule has 0 aromatic heterocycles. The van der Waals surface area contributed by atoms with Crippen molar-refractivity contribution in [2.75, 3.05) is 6.61 Å². The molecule has 4 aliphatic rings. The van der Waals surface area contributed by atoms with Crippen LogP contribution in [0.1, 0.15) is 91.9 Å². The largest absolute Gasteiger partial charge is 0.396 e. The van der Waals surface area contributed by atoms with Crippen LogP contribution in [-0.2, 0) is 0 Å². The molecule has 0 aliphatic heterocycles. The molecule has 4 rings (SSSR count). The number of aliphatic hydroxyl groups is 3. The summed E-state index contributed by atoms with van der Waals surface area (Å²) in [7, 11) is 0. The number of fused-ring (bicyclic) bond motifs is 5. The Labute approximate surface area is 184 Å². The van der Waals surface area contributed by atoms with Crippen LogP contribution in [0.3, 0.4) is 0 Å². The molecule has 0 saturated heterocycles. The Kier molecular flexibility index (Phi) is 6.48. The first-order chi connectivity index (χ1) is 14.2. The minimum Gasteiger partial charge on any atom is -0.396 e. The lowest BCUT2D eigenvalue weighted by Crippen LogP contribution is -2.54. The molecule has 3 N–H and O–H groups in total. The van der Waals surface area contributed by atoms with Gasteiger partial charge in [-0.25, -0.2) is 0 Å². The summed E-state index contributed by atoms with van der Waals surface area (Å²) in [5, 5.41) is 30.8. The van der Waals surface area contributed by atoms with Gasteiger partial charge in [-0.2, -0.15) is 0 Å². The van der Waals surface area contributed by atoms with Crippen LogP contribution in [0.2, 0.25) is 0 Å². The maximum Gasteiger partial charge on any atom is 0.0757 e. The SMILES string of the molecule is CC(CO)CCC[C@@H](C)[C@H]1CC[C@H]2[C@@H]3[C@H](O)C=C4C[C@@H](O)CC[C@]4(C)[C@H]3CC[C@]12C. The van der Waals surface area contributed by atoms with Crippen LogP contribution in [0.5, 0.6) is 0 Å². The topological polar surface area (TPSA) is 60.7 Å². The van der Waals surface area contributed by atoms with Gasteiger partial charge in [-0.1, -0.05) is 52.2 Å². The van der Waals surface area contributed by atoms with Gasteiger partial charge in [0.15, 0.2) is 0 Å². The molecule has 3 nitrogen and oxygen atoms in total. The Hall–Kier alpha value is -0.380. The zero-order valence-electron chi connectivity index (χ0n) is 19.8. The highest BCUT2D eigenvalue weighted by atomic mass is 16.3. The molecule has 0 spiro atoms. The van der Waals surface area contributed by atoms with E-state index in [4.69, 9.17) is 0 Å². The van der Waals surface area contributed by atoms with Gasteiger partial charge < -0.3 is 15.3 Å². The summed E-state index contributed by atoms with van der Waals surface area (Å²) in [6.07, 6.45) is 13.2. The fraction of sp³-hybridized carbons (Fsp3) is 0.926. The summed E-state index contributed by atoms with van der Waals surface area (Å²) in [6, 6.07) is 0. The molecule has 0 radical (unpaired) electrons. The molecule has 0 bridgehead atoms. The minimum atomic E-state index is -0.326. The van der Waals surface area contributed by atoms with E-state index in [0.29, 0.717) is 35.7 Å². The predicted octanol–water partition coefficient (Wildman–Crippen LogP) is 5.33. The third-order valence-corrected chi connectivity index (χ3v) is 10.5. The zero-order valence-corrected chi connectivity index (χ0v) is 19.8. The Balaban J connectivity index is 1.50. The van der Waals surface area contributed by atoms with Gasteiger partial charge in [0, 0.05) is 6.61 Å². The maximum atomic E-state index is 11.3. The molecule has 3 saturated carbocycles. The van der Waals surface area contributed by atoms with E-state index in [0.717, 1.165) is 37.5 Å². The maximum absolute atomic E-state index is 11.3. The van der Waals surface area contributed by atoms with E-state index in [1.165, 1.54) is 44.1 Å². The van der Waals surface area contributed by atoms with Crippen molar-refractivity contribution >= 4 is 0 Å². The second-order valence-corrected chi connectivity index (χ2v) is 12.2. The number of hydrogen-bond acceptors (Lipinski definition) is 3. The average molecular weight is 419 g/mol. The van der Waals surface area contributed by atoms with E-state index in [1.54, 1.807) is 0 Å². The van der Waals surface area contributed by atoms with Crippen LogP contribution in [0.4, 0.5) is 0 Å². The standard InChI is InChI=1S/C27H46O3/c1-17(16-28)6-5-7-18(2)21-8-9-22-25-23(11-13-27(21,22)4)26(3)12-10-20(29)14-19(26)15-24(25)30/h15,17-18,20-25,28-30H,5-14,16H2,1-4H3/t17?,18-,20+,21-,22+,23+,24-,25+,26+,27-/m1/s1. The molecule has 0 aromatic carbocycles. The van der Waals surface area contributed by atoms with Crippen molar-refractivity contribution in [3.05, 3.63) is 11.6 Å². The van der Waals surface area contributed by atoms with Crippen molar-refractivity contribution in [3.63, 3.8) is 0 Å². The van der Waals surface area contributed by atoms with Crippen LogP contribution in [0, 0.1) is 46.3 Å². The van der Waals surface area contributed by atoms with Crippen LogP contribution >= 0.6 is 0 Å². The van der Waals surface area contributed by atoms with Gasteiger partial charge in [0.1, 0.15) is 0 Å². The molecule has 172 valence electrons. The van der Waals surface area contributed by atoms with Crippen molar-refractivity contribution in [2.24, 2.45) is 46.3 Å². The van der Waals surface area contributed by atoms with Crippen LogP contribution < -0.4 is 0 Å². The lowest BCUT2D eigenvalue weighted by Gasteiger charge is -2.59. The molecular formula is C27H46O3. The first kappa shape index (κ1) is 22.8. The molecule has 1 unspecified atom stereocenters. The summed E-state index contributed by atoms with van der Waals surface area (Å²) < 4.78 is 0.